The molecular formula is C16H17FN2O2S. The molecule has 0 amide bonds. The van der Waals surface area contributed by atoms with Gasteiger partial charge in [-0.1, -0.05) is 0 Å². The van der Waals surface area contributed by atoms with Crippen LogP contribution in [-0.2, 0) is 6.54 Å². The van der Waals surface area contributed by atoms with E-state index in [-0.39, 0.29) is 22.5 Å². The van der Waals surface area contributed by atoms with Gasteiger partial charge in [-0.15, -0.1) is 11.8 Å². The first-order chi connectivity index (χ1) is 10.7. The number of thioether (sulfide) groups is 1. The molecule has 0 aromatic carbocycles. The maximum Gasteiger partial charge on any atom is 0.250 e. The van der Waals surface area contributed by atoms with E-state index in [0.717, 1.165) is 37.6 Å². The molecule has 4 nitrogen and oxygen atoms in total. The van der Waals surface area contributed by atoms with E-state index in [2.05, 4.69) is 9.88 Å². The van der Waals surface area contributed by atoms with Crippen LogP contribution in [0.4, 0.5) is 4.39 Å². The van der Waals surface area contributed by atoms with Crippen molar-refractivity contribution in [2.24, 2.45) is 0 Å². The van der Waals surface area contributed by atoms with Crippen molar-refractivity contribution in [3.63, 3.8) is 0 Å². The summed E-state index contributed by atoms with van der Waals surface area (Å²) in [5.41, 5.74) is 0. The van der Waals surface area contributed by atoms with Crippen LogP contribution in [-0.4, -0.2) is 39.6 Å². The van der Waals surface area contributed by atoms with Gasteiger partial charge >= 0.3 is 0 Å². The van der Waals surface area contributed by atoms with Gasteiger partial charge < -0.3 is 9.15 Å². The summed E-state index contributed by atoms with van der Waals surface area (Å²) in [6, 6.07) is 6.88. The Hall–Kier alpha value is -1.53. The van der Waals surface area contributed by atoms with E-state index >= 15 is 0 Å². The second-order valence-electron chi connectivity index (χ2n) is 5.95. The van der Waals surface area contributed by atoms with E-state index in [1.165, 1.54) is 6.07 Å². The number of hydrogen-bond donors (Lipinski definition) is 0. The first-order valence-corrected chi connectivity index (χ1v) is 8.37. The smallest absolute Gasteiger partial charge is 0.250 e. The van der Waals surface area contributed by atoms with Crippen molar-refractivity contribution in [2.75, 3.05) is 18.8 Å². The van der Waals surface area contributed by atoms with Gasteiger partial charge in [0.2, 0.25) is 0 Å². The van der Waals surface area contributed by atoms with Crippen LogP contribution >= 0.6 is 11.8 Å². The lowest BCUT2D eigenvalue weighted by molar-refractivity contribution is 0.0835. The first kappa shape index (κ1) is 14.1. The molecule has 6 heteroatoms. The van der Waals surface area contributed by atoms with E-state index in [1.54, 1.807) is 18.5 Å². The van der Waals surface area contributed by atoms with Crippen LogP contribution in [0.1, 0.15) is 12.2 Å². The lowest BCUT2D eigenvalue weighted by Crippen LogP contribution is -2.58. The minimum atomic E-state index is -0.387. The highest BCUT2D eigenvalue weighted by Gasteiger charge is 2.49. The van der Waals surface area contributed by atoms with E-state index in [9.17, 15) is 4.39 Å². The Labute approximate surface area is 132 Å². The fraction of sp³-hybridized carbons (Fsp3) is 0.438. The SMILES string of the molecule is Fc1cccnc1O[C@H]1CSC2(C1)CN(Cc1ccco1)C2. The normalized spacial score (nSPS) is 23.6. The topological polar surface area (TPSA) is 38.5 Å². The van der Waals surface area contributed by atoms with E-state index in [0.29, 0.717) is 0 Å². The van der Waals surface area contributed by atoms with Gasteiger partial charge in [0.15, 0.2) is 5.82 Å². The highest BCUT2D eigenvalue weighted by Crippen LogP contribution is 2.46. The molecule has 2 aromatic heterocycles. The summed E-state index contributed by atoms with van der Waals surface area (Å²) in [5.74, 6) is 1.63. The first-order valence-electron chi connectivity index (χ1n) is 7.38. The highest BCUT2D eigenvalue weighted by atomic mass is 32.2. The van der Waals surface area contributed by atoms with Crippen LogP contribution in [0, 0.1) is 5.82 Å². The lowest BCUT2D eigenvalue weighted by atomic mass is 9.93. The average molecular weight is 320 g/mol. The van der Waals surface area contributed by atoms with Gasteiger partial charge in [-0.2, -0.15) is 0 Å². The molecule has 2 aliphatic rings. The van der Waals surface area contributed by atoms with Crippen LogP contribution in [0.25, 0.3) is 0 Å². The predicted octanol–water partition coefficient (Wildman–Crippen LogP) is 2.95. The summed E-state index contributed by atoms with van der Waals surface area (Å²) in [7, 11) is 0. The quantitative estimate of drug-likeness (QED) is 0.866. The molecule has 2 saturated heterocycles. The molecule has 2 aliphatic heterocycles. The van der Waals surface area contributed by atoms with E-state index in [4.69, 9.17) is 9.15 Å². The number of aromatic nitrogens is 1. The fourth-order valence-electron chi connectivity index (χ4n) is 3.22. The maximum absolute atomic E-state index is 13.6. The number of hydrogen-bond acceptors (Lipinski definition) is 5. The number of nitrogens with zero attached hydrogens (tertiary/aromatic N) is 2. The van der Waals surface area contributed by atoms with Gasteiger partial charge in [-0.05, 0) is 24.3 Å². The zero-order chi connectivity index (χ0) is 15.0. The molecule has 0 N–H and O–H groups in total. The average Bonchev–Trinajstić information content (AvgIpc) is 3.11. The van der Waals surface area contributed by atoms with E-state index in [1.807, 2.05) is 23.9 Å². The second kappa shape index (κ2) is 5.59. The molecule has 4 heterocycles. The van der Waals surface area contributed by atoms with Gasteiger partial charge in [-0.3, -0.25) is 4.90 Å². The molecule has 0 unspecified atom stereocenters. The van der Waals surface area contributed by atoms with Crippen molar-refractivity contribution in [2.45, 2.75) is 23.8 Å². The molecule has 2 aromatic rings. The molecule has 4 rings (SSSR count). The third kappa shape index (κ3) is 2.73. The Morgan fingerprint density at radius 1 is 1.41 bits per heavy atom. The van der Waals surface area contributed by atoms with Crippen LogP contribution in [0.3, 0.4) is 0 Å². The van der Waals surface area contributed by atoms with Gasteiger partial charge in [0.05, 0.1) is 12.8 Å². The van der Waals surface area contributed by atoms with Crippen molar-refractivity contribution in [3.8, 4) is 5.88 Å². The zero-order valence-electron chi connectivity index (χ0n) is 12.1. The maximum atomic E-state index is 13.6. The molecule has 22 heavy (non-hydrogen) atoms. The molecule has 0 saturated carbocycles. The molecule has 1 spiro atoms. The number of pyridine rings is 1. The van der Waals surface area contributed by atoms with Crippen molar-refractivity contribution < 1.29 is 13.5 Å². The monoisotopic (exact) mass is 320 g/mol. The van der Waals surface area contributed by atoms with Gasteiger partial charge in [0.1, 0.15) is 11.9 Å². The third-order valence-electron chi connectivity index (χ3n) is 4.16. The molecule has 2 fully saturated rings. The van der Waals surface area contributed by atoms with Crippen LogP contribution in [0.15, 0.2) is 41.1 Å². The largest absolute Gasteiger partial charge is 0.471 e. The Kier molecular flexibility index (Phi) is 3.58. The van der Waals surface area contributed by atoms with E-state index < -0.39 is 0 Å². The summed E-state index contributed by atoms with van der Waals surface area (Å²) < 4.78 is 25.0. The van der Waals surface area contributed by atoms with Crippen molar-refractivity contribution in [3.05, 3.63) is 48.3 Å². The minimum Gasteiger partial charge on any atom is -0.471 e. The van der Waals surface area contributed by atoms with Crippen LogP contribution < -0.4 is 4.74 Å². The second-order valence-corrected chi connectivity index (χ2v) is 7.44. The van der Waals surface area contributed by atoms with Crippen molar-refractivity contribution in [1.29, 1.82) is 0 Å². The van der Waals surface area contributed by atoms with Crippen molar-refractivity contribution in [1.82, 2.24) is 9.88 Å². The molecular weight excluding hydrogens is 303 g/mol. The fourth-order valence-corrected chi connectivity index (χ4v) is 4.79. The standard InChI is InChI=1S/C16H17FN2O2S/c17-14-4-1-5-18-15(14)21-13-7-16(22-9-13)10-19(11-16)8-12-3-2-6-20-12/h1-6,13H,7-11H2/t13-/m1/s1. The summed E-state index contributed by atoms with van der Waals surface area (Å²) >= 11 is 1.93. The molecule has 0 radical (unpaired) electrons. The lowest BCUT2D eigenvalue weighted by Gasteiger charge is -2.47. The summed E-state index contributed by atoms with van der Waals surface area (Å²) in [6.45, 7) is 2.92. The summed E-state index contributed by atoms with van der Waals surface area (Å²) in [6.07, 6.45) is 4.26. The molecule has 0 aliphatic carbocycles. The number of ether oxygens (including phenoxy) is 1. The highest BCUT2D eigenvalue weighted by molar-refractivity contribution is 8.01. The zero-order valence-corrected chi connectivity index (χ0v) is 12.9. The number of furan rings is 1. The van der Waals surface area contributed by atoms with Crippen LogP contribution in [0.5, 0.6) is 5.88 Å². The Morgan fingerprint density at radius 3 is 3.09 bits per heavy atom. The Bertz CT molecular complexity index is 643. The van der Waals surface area contributed by atoms with Crippen LogP contribution in [0.2, 0.25) is 0 Å². The minimum absolute atomic E-state index is 0.0418. The summed E-state index contributed by atoms with van der Waals surface area (Å²) in [5, 5.41) is 0. The molecule has 116 valence electrons. The Balaban J connectivity index is 1.31. The third-order valence-corrected chi connectivity index (χ3v) is 5.74. The van der Waals surface area contributed by atoms with Gasteiger partial charge in [-0.25, -0.2) is 9.37 Å². The van der Waals surface area contributed by atoms with Gasteiger partial charge in [0, 0.05) is 36.2 Å². The number of rotatable bonds is 4. The molecule has 0 bridgehead atoms. The summed E-state index contributed by atoms with van der Waals surface area (Å²) in [4.78, 5) is 6.34. The molecule has 1 atom stereocenters. The number of halogens is 1. The Morgan fingerprint density at radius 2 is 2.32 bits per heavy atom. The van der Waals surface area contributed by atoms with Gasteiger partial charge in [0.25, 0.3) is 5.88 Å². The number of likely N-dealkylation sites (tertiary alicyclic amines) is 1. The van der Waals surface area contributed by atoms with Crippen molar-refractivity contribution >= 4 is 11.8 Å². The predicted molar refractivity (Wildman–Crippen MR) is 82.4 cm³/mol.